The molecule has 174 valence electrons. The van der Waals surface area contributed by atoms with E-state index >= 15 is 0 Å². The Labute approximate surface area is 202 Å². The fourth-order valence-electron chi connectivity index (χ4n) is 4.97. The first-order valence-corrected chi connectivity index (χ1v) is 11.7. The molecule has 7 heteroatoms. The molecule has 1 aromatic carbocycles. The predicted octanol–water partition coefficient (Wildman–Crippen LogP) is 6.07. The molecule has 1 atom stereocenters. The zero-order valence-electron chi connectivity index (χ0n) is 19.5. The monoisotopic (exact) mass is 464 g/mol. The third kappa shape index (κ3) is 3.69. The minimum absolute atomic E-state index is 0.0902. The molecule has 1 aliphatic rings. The summed E-state index contributed by atoms with van der Waals surface area (Å²) < 4.78 is 7.72. The molecule has 0 radical (unpaired) electrons. The van der Waals surface area contributed by atoms with E-state index in [1.807, 2.05) is 50.5 Å². The van der Waals surface area contributed by atoms with Crippen molar-refractivity contribution in [3.63, 3.8) is 0 Å². The molecule has 4 heterocycles. The van der Waals surface area contributed by atoms with Crippen molar-refractivity contribution in [3.8, 4) is 22.3 Å². The van der Waals surface area contributed by atoms with Gasteiger partial charge < -0.3 is 14.2 Å². The zero-order chi connectivity index (χ0) is 24.1. The SMILES string of the molecule is Cc1noc(C)c1-c1cnc2c(-c3ccc(C(=O)O)cc3)cn(C(c3ccccn3)C3CC3)c2c1. The van der Waals surface area contributed by atoms with Gasteiger partial charge in [-0.3, -0.25) is 9.97 Å². The maximum Gasteiger partial charge on any atom is 0.335 e. The van der Waals surface area contributed by atoms with Crippen LogP contribution in [0.25, 0.3) is 33.3 Å². The van der Waals surface area contributed by atoms with Crippen molar-refractivity contribution in [2.24, 2.45) is 5.92 Å². The third-order valence-corrected chi connectivity index (χ3v) is 6.79. The number of aromatic carboxylic acids is 1. The van der Waals surface area contributed by atoms with Crippen LogP contribution < -0.4 is 0 Å². The Balaban J connectivity index is 1.58. The van der Waals surface area contributed by atoms with Crippen molar-refractivity contribution in [1.82, 2.24) is 19.7 Å². The van der Waals surface area contributed by atoms with E-state index in [2.05, 4.69) is 28.1 Å². The van der Waals surface area contributed by atoms with Gasteiger partial charge in [0.25, 0.3) is 0 Å². The second-order valence-electron chi connectivity index (χ2n) is 9.16. The van der Waals surface area contributed by atoms with Gasteiger partial charge in [0.15, 0.2) is 0 Å². The number of rotatable bonds is 6. The maximum absolute atomic E-state index is 11.4. The molecule has 0 amide bonds. The van der Waals surface area contributed by atoms with Crippen LogP contribution in [-0.4, -0.2) is 30.8 Å². The average molecular weight is 465 g/mol. The predicted molar refractivity (Wildman–Crippen MR) is 132 cm³/mol. The van der Waals surface area contributed by atoms with Crippen LogP contribution >= 0.6 is 0 Å². The van der Waals surface area contributed by atoms with Crippen LogP contribution in [0.15, 0.2) is 71.6 Å². The largest absolute Gasteiger partial charge is 0.478 e. The number of fused-ring (bicyclic) bond motifs is 1. The molecule has 5 aromatic rings. The van der Waals surface area contributed by atoms with Gasteiger partial charge in [-0.2, -0.15) is 0 Å². The summed E-state index contributed by atoms with van der Waals surface area (Å²) in [5, 5.41) is 13.4. The molecule has 35 heavy (non-hydrogen) atoms. The molecular weight excluding hydrogens is 440 g/mol. The highest BCUT2D eigenvalue weighted by molar-refractivity contribution is 5.96. The van der Waals surface area contributed by atoms with Gasteiger partial charge in [-0.15, -0.1) is 0 Å². The molecule has 0 bridgehead atoms. The van der Waals surface area contributed by atoms with Crippen LogP contribution in [-0.2, 0) is 0 Å². The number of aryl methyl sites for hydroxylation is 2. The lowest BCUT2D eigenvalue weighted by atomic mass is 10.0. The average Bonchev–Trinajstić information content (AvgIpc) is 3.56. The normalized spacial score (nSPS) is 14.3. The van der Waals surface area contributed by atoms with Crippen LogP contribution in [0.3, 0.4) is 0 Å². The smallest absolute Gasteiger partial charge is 0.335 e. The topological polar surface area (TPSA) is 94.0 Å². The highest BCUT2D eigenvalue weighted by Gasteiger charge is 2.35. The molecule has 1 aliphatic carbocycles. The second kappa shape index (κ2) is 8.20. The fourth-order valence-corrected chi connectivity index (χ4v) is 4.97. The molecule has 1 saturated carbocycles. The van der Waals surface area contributed by atoms with Gasteiger partial charge in [-0.1, -0.05) is 23.4 Å². The van der Waals surface area contributed by atoms with Crippen molar-refractivity contribution in [2.45, 2.75) is 32.7 Å². The van der Waals surface area contributed by atoms with Gasteiger partial charge in [0.2, 0.25) is 0 Å². The van der Waals surface area contributed by atoms with Crippen molar-refractivity contribution in [1.29, 1.82) is 0 Å². The number of hydrogen-bond donors (Lipinski definition) is 1. The molecular formula is C28H24N4O3. The first kappa shape index (κ1) is 21.3. The Morgan fingerprint density at radius 1 is 1.09 bits per heavy atom. The Hall–Kier alpha value is -4.26. The number of carboxylic acid groups (broad SMARTS) is 1. The minimum atomic E-state index is -0.940. The lowest BCUT2D eigenvalue weighted by Crippen LogP contribution is -2.13. The summed E-state index contributed by atoms with van der Waals surface area (Å²) in [5.41, 5.74) is 7.78. The number of carboxylic acids is 1. The van der Waals surface area contributed by atoms with Gasteiger partial charge in [0.1, 0.15) is 5.76 Å². The number of carbonyl (C=O) groups is 1. The van der Waals surface area contributed by atoms with E-state index in [9.17, 15) is 9.90 Å². The minimum Gasteiger partial charge on any atom is -0.478 e. The summed E-state index contributed by atoms with van der Waals surface area (Å²) >= 11 is 0. The van der Waals surface area contributed by atoms with Gasteiger partial charge in [0, 0.05) is 35.3 Å². The molecule has 4 aromatic heterocycles. The quantitative estimate of drug-likeness (QED) is 0.328. The van der Waals surface area contributed by atoms with E-state index < -0.39 is 5.97 Å². The number of pyridine rings is 2. The van der Waals surface area contributed by atoms with Crippen LogP contribution in [0, 0.1) is 19.8 Å². The summed E-state index contributed by atoms with van der Waals surface area (Å²) in [6.07, 6.45) is 8.15. The van der Waals surface area contributed by atoms with Crippen molar-refractivity contribution in [3.05, 3.63) is 89.8 Å². The fraction of sp³-hybridized carbons (Fsp3) is 0.214. The van der Waals surface area contributed by atoms with Crippen LogP contribution in [0.1, 0.15) is 46.4 Å². The Morgan fingerprint density at radius 3 is 2.51 bits per heavy atom. The zero-order valence-corrected chi connectivity index (χ0v) is 19.5. The number of aromatic nitrogens is 4. The molecule has 0 saturated heterocycles. The molecule has 6 rings (SSSR count). The Bertz CT molecular complexity index is 1530. The lowest BCUT2D eigenvalue weighted by Gasteiger charge is -2.19. The van der Waals surface area contributed by atoms with E-state index in [0.29, 0.717) is 5.92 Å². The number of hydrogen-bond acceptors (Lipinski definition) is 5. The van der Waals surface area contributed by atoms with E-state index in [4.69, 9.17) is 14.5 Å². The first-order valence-electron chi connectivity index (χ1n) is 11.7. The van der Waals surface area contributed by atoms with E-state index in [1.165, 1.54) is 0 Å². The van der Waals surface area contributed by atoms with Crippen molar-refractivity contribution in [2.75, 3.05) is 0 Å². The molecule has 0 spiro atoms. The van der Waals surface area contributed by atoms with Crippen LogP contribution in [0.2, 0.25) is 0 Å². The lowest BCUT2D eigenvalue weighted by molar-refractivity contribution is 0.0697. The molecule has 1 unspecified atom stereocenters. The van der Waals surface area contributed by atoms with Crippen LogP contribution in [0.4, 0.5) is 0 Å². The maximum atomic E-state index is 11.4. The molecule has 0 aliphatic heterocycles. The molecule has 1 fully saturated rings. The first-order chi connectivity index (χ1) is 17.0. The van der Waals surface area contributed by atoms with Gasteiger partial charge >= 0.3 is 5.97 Å². The highest BCUT2D eigenvalue weighted by Crippen LogP contribution is 2.46. The van der Waals surface area contributed by atoms with E-state index in [0.717, 1.165) is 63.3 Å². The summed E-state index contributed by atoms with van der Waals surface area (Å²) in [4.78, 5) is 21.0. The Morgan fingerprint density at radius 2 is 1.89 bits per heavy atom. The second-order valence-corrected chi connectivity index (χ2v) is 9.16. The third-order valence-electron chi connectivity index (χ3n) is 6.79. The number of nitrogens with zero attached hydrogens (tertiary/aromatic N) is 4. The summed E-state index contributed by atoms with van der Waals surface area (Å²) in [7, 11) is 0. The number of benzene rings is 1. The molecule has 7 nitrogen and oxygen atoms in total. The Kier molecular flexibility index (Phi) is 4.99. The molecule has 1 N–H and O–H groups in total. The summed E-state index contributed by atoms with van der Waals surface area (Å²) in [5.74, 6) is 0.324. The van der Waals surface area contributed by atoms with Gasteiger partial charge in [0.05, 0.1) is 34.0 Å². The van der Waals surface area contributed by atoms with Crippen molar-refractivity contribution < 1.29 is 14.4 Å². The van der Waals surface area contributed by atoms with Crippen molar-refractivity contribution >= 4 is 17.0 Å². The highest BCUT2D eigenvalue weighted by atomic mass is 16.5. The summed E-state index contributed by atoms with van der Waals surface area (Å²) in [6, 6.07) is 15.3. The van der Waals surface area contributed by atoms with E-state index in [-0.39, 0.29) is 11.6 Å². The standard InChI is InChI=1S/C28H24N4O3/c1-16-25(17(2)35-31-16)21-13-24-26(30-14-21)22(18-6-10-20(11-7-18)28(33)34)15-32(24)27(19-8-9-19)23-5-3-4-12-29-23/h3-7,10-15,19,27H,8-9H2,1-2H3,(H,33,34). The van der Waals surface area contributed by atoms with Gasteiger partial charge in [-0.25, -0.2) is 4.79 Å². The summed E-state index contributed by atoms with van der Waals surface area (Å²) in [6.45, 7) is 3.85. The van der Waals surface area contributed by atoms with Crippen LogP contribution in [0.5, 0.6) is 0 Å². The van der Waals surface area contributed by atoms with Gasteiger partial charge in [-0.05, 0) is 68.5 Å². The van der Waals surface area contributed by atoms with E-state index in [1.54, 1.807) is 12.1 Å².